The molecule has 1 saturated heterocycles. The predicted molar refractivity (Wildman–Crippen MR) is 138 cm³/mol. The minimum absolute atomic E-state index is 0.0413. The van der Waals surface area contributed by atoms with Crippen molar-refractivity contribution < 1.29 is 14.3 Å². The third kappa shape index (κ3) is 4.94. The fourth-order valence-electron chi connectivity index (χ4n) is 5.86. The first-order valence-corrected chi connectivity index (χ1v) is 13.2. The average Bonchev–Trinajstić information content (AvgIpc) is 3.14. The van der Waals surface area contributed by atoms with E-state index in [1.165, 1.54) is 6.42 Å². The molecule has 2 aliphatic heterocycles. The number of rotatable bonds is 6. The van der Waals surface area contributed by atoms with Gasteiger partial charge < -0.3 is 15.0 Å². The molecule has 2 heterocycles. The molecule has 35 heavy (non-hydrogen) atoms. The van der Waals surface area contributed by atoms with Gasteiger partial charge in [0.25, 0.3) is 0 Å². The summed E-state index contributed by atoms with van der Waals surface area (Å²) in [7, 11) is 0. The Balaban J connectivity index is 1.61. The van der Waals surface area contributed by atoms with E-state index in [0.29, 0.717) is 48.5 Å². The molecule has 0 aromatic heterocycles. The molecule has 2 aromatic carbocycles. The van der Waals surface area contributed by atoms with Gasteiger partial charge in [-0.25, -0.2) is 0 Å². The van der Waals surface area contributed by atoms with Gasteiger partial charge in [-0.05, 0) is 42.7 Å². The number of nitrogens with one attached hydrogen (secondary N) is 1. The molecule has 186 valence electrons. The molecule has 3 aliphatic rings. The number of benzene rings is 2. The van der Waals surface area contributed by atoms with Crippen molar-refractivity contribution in [1.82, 2.24) is 9.80 Å². The molecule has 6 nitrogen and oxygen atoms in total. The molecule has 5 rings (SSSR count). The highest BCUT2D eigenvalue weighted by atomic mass is 35.5. The summed E-state index contributed by atoms with van der Waals surface area (Å²) in [5, 5.41) is 4.29. The van der Waals surface area contributed by atoms with E-state index in [1.807, 2.05) is 41.3 Å². The summed E-state index contributed by atoms with van der Waals surface area (Å²) in [4.78, 5) is 31.7. The zero-order valence-corrected chi connectivity index (χ0v) is 21.3. The Morgan fingerprint density at radius 2 is 1.80 bits per heavy atom. The van der Waals surface area contributed by atoms with Crippen LogP contribution in [0.1, 0.15) is 43.2 Å². The molecular weight excluding hydrogens is 485 g/mol. The number of hydrogen-bond donors (Lipinski definition) is 1. The molecule has 1 unspecified atom stereocenters. The van der Waals surface area contributed by atoms with Crippen LogP contribution in [0.3, 0.4) is 0 Å². The van der Waals surface area contributed by atoms with Gasteiger partial charge in [-0.1, -0.05) is 60.7 Å². The predicted octanol–water partition coefficient (Wildman–Crippen LogP) is 4.88. The molecule has 1 saturated carbocycles. The summed E-state index contributed by atoms with van der Waals surface area (Å²) >= 11 is 12.6. The Morgan fingerprint density at radius 3 is 2.54 bits per heavy atom. The molecule has 0 radical (unpaired) electrons. The topological polar surface area (TPSA) is 61.9 Å². The molecule has 0 spiro atoms. The van der Waals surface area contributed by atoms with Crippen molar-refractivity contribution >= 4 is 40.7 Å². The van der Waals surface area contributed by atoms with E-state index in [1.54, 1.807) is 6.07 Å². The second-order valence-electron chi connectivity index (χ2n) is 9.72. The van der Waals surface area contributed by atoms with E-state index in [2.05, 4.69) is 10.2 Å². The van der Waals surface area contributed by atoms with Crippen molar-refractivity contribution in [2.24, 2.45) is 0 Å². The molecule has 8 heteroatoms. The van der Waals surface area contributed by atoms with E-state index >= 15 is 0 Å². The van der Waals surface area contributed by atoms with Gasteiger partial charge in [0.1, 0.15) is 5.54 Å². The molecule has 2 fully saturated rings. The standard InChI is InChI=1S/C27H31Cl2N3O3/c28-20-6-4-5-19(15-20)17-27(23-10-9-21(29)16-24(23)30-26(27)34)32(22-7-2-1-3-8-22)18-25(33)31-11-13-35-14-12-31/h4-6,9-10,15-16,22H,1-3,7-8,11-14,17-18H2,(H,30,34). The first-order chi connectivity index (χ1) is 17.0. The average molecular weight is 516 g/mol. The Bertz CT molecular complexity index is 1100. The van der Waals surface area contributed by atoms with Crippen molar-refractivity contribution in [3.63, 3.8) is 0 Å². The number of amides is 2. The molecule has 1 N–H and O–H groups in total. The number of fused-ring (bicyclic) bond motifs is 1. The van der Waals surface area contributed by atoms with E-state index in [9.17, 15) is 9.59 Å². The number of hydrogen-bond acceptors (Lipinski definition) is 4. The second-order valence-corrected chi connectivity index (χ2v) is 10.6. The van der Waals surface area contributed by atoms with Crippen molar-refractivity contribution in [2.75, 3.05) is 38.2 Å². The summed E-state index contributed by atoms with van der Waals surface area (Å²) in [6.07, 6.45) is 5.71. The number of anilines is 1. The Morgan fingerprint density at radius 1 is 1.06 bits per heavy atom. The summed E-state index contributed by atoms with van der Waals surface area (Å²) in [5.74, 6) is -0.0744. The van der Waals surface area contributed by atoms with Crippen LogP contribution in [0, 0.1) is 0 Å². The maximum absolute atomic E-state index is 14.0. The van der Waals surface area contributed by atoms with Crippen LogP contribution in [0.25, 0.3) is 0 Å². The van der Waals surface area contributed by atoms with Crippen molar-refractivity contribution in [3.8, 4) is 0 Å². The number of carbonyl (C=O) groups is 2. The highest BCUT2D eigenvalue weighted by Gasteiger charge is 2.54. The summed E-state index contributed by atoms with van der Waals surface area (Å²) in [6, 6.07) is 13.3. The summed E-state index contributed by atoms with van der Waals surface area (Å²) < 4.78 is 5.46. The van der Waals surface area contributed by atoms with Crippen LogP contribution in [0.2, 0.25) is 10.0 Å². The first kappa shape index (κ1) is 24.6. The van der Waals surface area contributed by atoms with Crippen LogP contribution in [-0.2, 0) is 26.3 Å². The van der Waals surface area contributed by atoms with Gasteiger partial charge in [0.2, 0.25) is 11.8 Å². The highest BCUT2D eigenvalue weighted by molar-refractivity contribution is 6.31. The second kappa shape index (κ2) is 10.5. The van der Waals surface area contributed by atoms with Crippen molar-refractivity contribution in [1.29, 1.82) is 0 Å². The SMILES string of the molecule is O=C(CN(C1CCCCC1)C1(Cc2cccc(Cl)c2)C(=O)Nc2cc(Cl)ccc21)N1CCOCC1. The van der Waals surface area contributed by atoms with Crippen molar-refractivity contribution in [3.05, 3.63) is 63.6 Å². The third-order valence-electron chi connectivity index (χ3n) is 7.58. The maximum atomic E-state index is 14.0. The molecule has 1 aliphatic carbocycles. The van der Waals surface area contributed by atoms with Crippen LogP contribution in [0.15, 0.2) is 42.5 Å². The lowest BCUT2D eigenvalue weighted by atomic mass is 9.80. The Labute approximate surface area is 216 Å². The first-order valence-electron chi connectivity index (χ1n) is 12.5. The van der Waals surface area contributed by atoms with Gasteiger partial charge in [-0.2, -0.15) is 0 Å². The van der Waals surface area contributed by atoms with Gasteiger partial charge in [0.15, 0.2) is 0 Å². The summed E-state index contributed by atoms with van der Waals surface area (Å²) in [5.41, 5.74) is 1.50. The number of nitrogens with zero attached hydrogens (tertiary/aromatic N) is 2. The lowest BCUT2D eigenvalue weighted by Gasteiger charge is -2.46. The minimum atomic E-state index is -1.03. The Hall–Kier alpha value is -2.12. The largest absolute Gasteiger partial charge is 0.378 e. The Kier molecular flexibility index (Phi) is 7.35. The number of halogens is 2. The van der Waals surface area contributed by atoms with Gasteiger partial charge in [0.05, 0.1) is 19.8 Å². The highest BCUT2D eigenvalue weighted by Crippen LogP contribution is 2.46. The van der Waals surface area contributed by atoms with Crippen LogP contribution in [0.5, 0.6) is 0 Å². The van der Waals surface area contributed by atoms with Crippen molar-refractivity contribution in [2.45, 2.75) is 50.1 Å². The van der Waals surface area contributed by atoms with Crippen LogP contribution in [-0.4, -0.2) is 60.5 Å². The van der Waals surface area contributed by atoms with E-state index < -0.39 is 5.54 Å². The summed E-state index contributed by atoms with van der Waals surface area (Å²) in [6.45, 7) is 2.43. The van der Waals surface area contributed by atoms with Gasteiger partial charge in [-0.3, -0.25) is 14.5 Å². The number of carbonyl (C=O) groups excluding carboxylic acids is 2. The lowest BCUT2D eigenvalue weighted by Crippen LogP contribution is -2.60. The van der Waals surface area contributed by atoms with Gasteiger partial charge in [0, 0.05) is 46.8 Å². The monoisotopic (exact) mass is 515 g/mol. The van der Waals surface area contributed by atoms with Crippen LogP contribution < -0.4 is 5.32 Å². The molecule has 2 amide bonds. The van der Waals surface area contributed by atoms with Gasteiger partial charge in [-0.15, -0.1) is 0 Å². The molecular formula is C27H31Cl2N3O3. The maximum Gasteiger partial charge on any atom is 0.249 e. The molecule has 0 bridgehead atoms. The fraction of sp³-hybridized carbons (Fsp3) is 0.481. The zero-order valence-electron chi connectivity index (χ0n) is 19.8. The fourth-order valence-corrected chi connectivity index (χ4v) is 6.24. The van der Waals surface area contributed by atoms with E-state index in [4.69, 9.17) is 27.9 Å². The van der Waals surface area contributed by atoms with Gasteiger partial charge >= 0.3 is 0 Å². The lowest BCUT2D eigenvalue weighted by molar-refractivity contribution is -0.143. The number of morpholine rings is 1. The minimum Gasteiger partial charge on any atom is -0.378 e. The zero-order chi connectivity index (χ0) is 24.4. The third-order valence-corrected chi connectivity index (χ3v) is 8.05. The number of ether oxygens (including phenoxy) is 1. The quantitative estimate of drug-likeness (QED) is 0.595. The smallest absolute Gasteiger partial charge is 0.249 e. The van der Waals surface area contributed by atoms with Crippen LogP contribution >= 0.6 is 23.2 Å². The normalized spacial score (nSPS) is 22.8. The van der Waals surface area contributed by atoms with E-state index in [0.717, 1.165) is 36.8 Å². The molecule has 2 aromatic rings. The van der Waals surface area contributed by atoms with E-state index in [-0.39, 0.29) is 24.4 Å². The van der Waals surface area contributed by atoms with Crippen LogP contribution in [0.4, 0.5) is 5.69 Å². The molecule has 1 atom stereocenters.